The van der Waals surface area contributed by atoms with Crippen molar-refractivity contribution >= 4 is 34.7 Å². The number of rotatable bonds is 6. The van der Waals surface area contributed by atoms with Gasteiger partial charge in [0.2, 0.25) is 11.9 Å². The van der Waals surface area contributed by atoms with Gasteiger partial charge in [0.15, 0.2) is 11.2 Å². The standard InChI is InChI=1S/C20H17N7O3/c1-12(28)21-10-13-3-2-4-16(9-13)27-18-17(25-26-27)11-22-20(24-18)23-15-7-5-14(6-8-15)19(29)30/h2-9,11H,10H2,1H3,(H,21,28)(H,29,30)(H,22,23,24). The molecule has 0 saturated heterocycles. The van der Waals surface area contributed by atoms with Crippen LogP contribution in [0.5, 0.6) is 0 Å². The van der Waals surface area contributed by atoms with Gasteiger partial charge in [-0.05, 0) is 42.0 Å². The molecule has 0 fully saturated rings. The first-order chi connectivity index (χ1) is 14.5. The van der Waals surface area contributed by atoms with Crippen LogP contribution in [0.2, 0.25) is 0 Å². The Hall–Kier alpha value is -4.34. The van der Waals surface area contributed by atoms with Crippen molar-refractivity contribution in [1.82, 2.24) is 30.3 Å². The highest BCUT2D eigenvalue weighted by atomic mass is 16.4. The number of carboxylic acids is 1. The Kier molecular flexibility index (Phi) is 5.04. The van der Waals surface area contributed by atoms with Gasteiger partial charge in [0.1, 0.15) is 0 Å². The zero-order valence-electron chi connectivity index (χ0n) is 15.9. The summed E-state index contributed by atoms with van der Waals surface area (Å²) in [5.41, 5.74) is 3.53. The number of anilines is 2. The molecule has 0 aliphatic rings. The van der Waals surface area contributed by atoms with Gasteiger partial charge in [0, 0.05) is 19.2 Å². The monoisotopic (exact) mass is 403 g/mol. The molecule has 0 bridgehead atoms. The maximum absolute atomic E-state index is 11.2. The number of amides is 1. The van der Waals surface area contributed by atoms with Crippen LogP contribution in [0.25, 0.3) is 16.9 Å². The third-order valence-corrected chi connectivity index (χ3v) is 4.28. The smallest absolute Gasteiger partial charge is 0.335 e. The van der Waals surface area contributed by atoms with Crippen LogP contribution in [-0.4, -0.2) is 41.9 Å². The fourth-order valence-corrected chi connectivity index (χ4v) is 2.81. The van der Waals surface area contributed by atoms with Crippen LogP contribution in [0.4, 0.5) is 11.6 Å². The molecule has 10 heteroatoms. The molecule has 3 N–H and O–H groups in total. The third kappa shape index (κ3) is 4.07. The fraction of sp³-hybridized carbons (Fsp3) is 0.100. The number of nitrogens with zero attached hydrogens (tertiary/aromatic N) is 5. The predicted octanol–water partition coefficient (Wildman–Crippen LogP) is 2.29. The Morgan fingerprint density at radius 3 is 2.67 bits per heavy atom. The van der Waals surface area contributed by atoms with Crippen LogP contribution in [0, 0.1) is 0 Å². The zero-order chi connectivity index (χ0) is 21.1. The topological polar surface area (TPSA) is 135 Å². The molecular weight excluding hydrogens is 386 g/mol. The number of aromatic carboxylic acids is 1. The molecule has 2 aromatic heterocycles. The molecule has 1 amide bonds. The normalized spacial score (nSPS) is 10.7. The summed E-state index contributed by atoms with van der Waals surface area (Å²) >= 11 is 0. The number of fused-ring (bicyclic) bond motifs is 1. The molecule has 2 heterocycles. The summed E-state index contributed by atoms with van der Waals surface area (Å²) in [6.45, 7) is 1.87. The molecular formula is C20H17N7O3. The van der Waals surface area contributed by atoms with Gasteiger partial charge < -0.3 is 15.7 Å². The number of benzene rings is 2. The Morgan fingerprint density at radius 1 is 1.13 bits per heavy atom. The lowest BCUT2D eigenvalue weighted by molar-refractivity contribution is -0.119. The average Bonchev–Trinajstić information content (AvgIpc) is 3.16. The van der Waals surface area contributed by atoms with Crippen molar-refractivity contribution in [1.29, 1.82) is 0 Å². The molecule has 0 atom stereocenters. The van der Waals surface area contributed by atoms with E-state index in [1.165, 1.54) is 19.1 Å². The largest absolute Gasteiger partial charge is 0.478 e. The lowest BCUT2D eigenvalue weighted by atomic mass is 10.2. The minimum absolute atomic E-state index is 0.105. The van der Waals surface area contributed by atoms with Crippen molar-refractivity contribution in [3.8, 4) is 5.69 Å². The third-order valence-electron chi connectivity index (χ3n) is 4.28. The van der Waals surface area contributed by atoms with Crippen molar-refractivity contribution in [3.63, 3.8) is 0 Å². The minimum Gasteiger partial charge on any atom is -0.478 e. The highest BCUT2D eigenvalue weighted by molar-refractivity contribution is 5.88. The summed E-state index contributed by atoms with van der Waals surface area (Å²) in [4.78, 5) is 30.9. The van der Waals surface area contributed by atoms with Crippen molar-refractivity contribution in [3.05, 3.63) is 65.9 Å². The van der Waals surface area contributed by atoms with Gasteiger partial charge in [-0.1, -0.05) is 17.3 Å². The summed E-state index contributed by atoms with van der Waals surface area (Å²) in [6, 6.07) is 13.8. The number of carboxylic acid groups (broad SMARTS) is 1. The molecule has 4 rings (SSSR count). The van der Waals surface area contributed by atoms with E-state index >= 15 is 0 Å². The molecule has 0 unspecified atom stereocenters. The van der Waals surface area contributed by atoms with Crippen molar-refractivity contribution < 1.29 is 14.7 Å². The van der Waals surface area contributed by atoms with E-state index < -0.39 is 5.97 Å². The van der Waals surface area contributed by atoms with E-state index in [1.807, 2.05) is 24.3 Å². The Bertz CT molecular complexity index is 1230. The first kappa shape index (κ1) is 19.0. The van der Waals surface area contributed by atoms with Crippen LogP contribution >= 0.6 is 0 Å². The average molecular weight is 403 g/mol. The summed E-state index contributed by atoms with van der Waals surface area (Å²) in [7, 11) is 0. The quantitative estimate of drug-likeness (QED) is 0.446. The summed E-state index contributed by atoms with van der Waals surface area (Å²) in [6.07, 6.45) is 1.56. The molecule has 0 radical (unpaired) electrons. The SMILES string of the molecule is CC(=O)NCc1cccc(-n2nnc3cnc(Nc4ccc(C(=O)O)cc4)nc32)c1. The van der Waals surface area contributed by atoms with Crippen LogP contribution in [0.1, 0.15) is 22.8 Å². The Morgan fingerprint density at radius 2 is 1.93 bits per heavy atom. The predicted molar refractivity (Wildman–Crippen MR) is 109 cm³/mol. The molecule has 4 aromatic rings. The van der Waals surface area contributed by atoms with Crippen molar-refractivity contribution in [2.75, 3.05) is 5.32 Å². The van der Waals surface area contributed by atoms with E-state index in [0.717, 1.165) is 11.3 Å². The van der Waals surface area contributed by atoms with Crippen molar-refractivity contribution in [2.24, 2.45) is 0 Å². The first-order valence-electron chi connectivity index (χ1n) is 9.02. The van der Waals surface area contributed by atoms with Gasteiger partial charge in [-0.2, -0.15) is 9.67 Å². The lowest BCUT2D eigenvalue weighted by Gasteiger charge is -2.07. The molecule has 10 nitrogen and oxygen atoms in total. The molecule has 0 saturated carbocycles. The Balaban J connectivity index is 1.62. The second kappa shape index (κ2) is 7.95. The van der Waals surface area contributed by atoms with Crippen LogP contribution < -0.4 is 10.6 Å². The molecule has 0 aliphatic carbocycles. The van der Waals surface area contributed by atoms with E-state index in [1.54, 1.807) is 23.0 Å². The summed E-state index contributed by atoms with van der Waals surface area (Å²) in [5.74, 6) is -0.773. The molecule has 0 aliphatic heterocycles. The van der Waals surface area contributed by atoms with E-state index in [9.17, 15) is 9.59 Å². The molecule has 0 spiro atoms. The van der Waals surface area contributed by atoms with Gasteiger partial charge in [-0.3, -0.25) is 4.79 Å². The van der Waals surface area contributed by atoms with Crippen LogP contribution in [0.3, 0.4) is 0 Å². The number of hydrogen-bond donors (Lipinski definition) is 3. The number of carbonyl (C=O) groups is 2. The maximum atomic E-state index is 11.2. The number of nitrogens with one attached hydrogen (secondary N) is 2. The van der Waals surface area contributed by atoms with Crippen LogP contribution in [-0.2, 0) is 11.3 Å². The number of aromatic nitrogens is 5. The highest BCUT2D eigenvalue weighted by Gasteiger charge is 2.11. The number of carbonyl (C=O) groups excluding carboxylic acids is 1. The summed E-state index contributed by atoms with van der Waals surface area (Å²) in [5, 5.41) is 23.1. The first-order valence-corrected chi connectivity index (χ1v) is 9.02. The van der Waals surface area contributed by atoms with Gasteiger partial charge in [0.05, 0.1) is 17.4 Å². The lowest BCUT2D eigenvalue weighted by Crippen LogP contribution is -2.18. The second-order valence-electron chi connectivity index (χ2n) is 6.49. The van der Waals surface area contributed by atoms with Crippen molar-refractivity contribution in [2.45, 2.75) is 13.5 Å². The molecule has 30 heavy (non-hydrogen) atoms. The molecule has 150 valence electrons. The van der Waals surface area contributed by atoms with Gasteiger partial charge in [-0.25, -0.2) is 9.78 Å². The second-order valence-corrected chi connectivity index (χ2v) is 6.49. The van der Waals surface area contributed by atoms with Gasteiger partial charge >= 0.3 is 5.97 Å². The van der Waals surface area contributed by atoms with Gasteiger partial charge in [0.25, 0.3) is 0 Å². The minimum atomic E-state index is -0.991. The van der Waals surface area contributed by atoms with E-state index in [4.69, 9.17) is 5.11 Å². The zero-order valence-corrected chi connectivity index (χ0v) is 15.9. The number of hydrogen-bond acceptors (Lipinski definition) is 7. The van der Waals surface area contributed by atoms with Crippen LogP contribution in [0.15, 0.2) is 54.7 Å². The highest BCUT2D eigenvalue weighted by Crippen LogP contribution is 2.19. The molecule has 2 aromatic carbocycles. The van der Waals surface area contributed by atoms with Gasteiger partial charge in [-0.15, -0.1) is 5.10 Å². The van der Waals surface area contributed by atoms with E-state index in [0.29, 0.717) is 29.3 Å². The summed E-state index contributed by atoms with van der Waals surface area (Å²) < 4.78 is 1.59. The Labute approximate surface area is 170 Å². The maximum Gasteiger partial charge on any atom is 0.335 e. The fourth-order valence-electron chi connectivity index (χ4n) is 2.81. The van der Waals surface area contributed by atoms with E-state index in [2.05, 4.69) is 30.9 Å². The van der Waals surface area contributed by atoms with E-state index in [-0.39, 0.29) is 11.5 Å².